The van der Waals surface area contributed by atoms with E-state index in [4.69, 9.17) is 0 Å². The number of aromatic nitrogens is 1. The molecule has 26 heavy (non-hydrogen) atoms. The molecule has 3 rings (SSSR count). The molecule has 8 heteroatoms. The molecule has 0 spiro atoms. The van der Waals surface area contributed by atoms with Crippen molar-refractivity contribution >= 4 is 21.2 Å². The number of hydrogen-bond acceptors (Lipinski definition) is 5. The van der Waals surface area contributed by atoms with Crippen molar-refractivity contribution in [1.82, 2.24) is 4.98 Å². The minimum atomic E-state index is -3.64. The van der Waals surface area contributed by atoms with E-state index in [1.807, 2.05) is 0 Å². The molecule has 1 aliphatic carbocycles. The summed E-state index contributed by atoms with van der Waals surface area (Å²) in [5.74, 6) is -2.57. The quantitative estimate of drug-likeness (QED) is 0.791. The fraction of sp³-hybridized carbons (Fsp3) is 0.500. The van der Waals surface area contributed by atoms with Gasteiger partial charge < -0.3 is 5.11 Å². The first-order chi connectivity index (χ1) is 12.3. The van der Waals surface area contributed by atoms with Gasteiger partial charge in [0.05, 0.1) is 28.3 Å². The lowest BCUT2D eigenvalue weighted by atomic mass is 9.90. The van der Waals surface area contributed by atoms with Crippen LogP contribution in [0.4, 0.5) is 8.78 Å². The summed E-state index contributed by atoms with van der Waals surface area (Å²) in [4.78, 5) is 4.47. The van der Waals surface area contributed by atoms with Gasteiger partial charge in [0.2, 0.25) is 0 Å². The molecular formula is C18H21F2NO3S2. The topological polar surface area (TPSA) is 67.3 Å². The summed E-state index contributed by atoms with van der Waals surface area (Å²) in [5, 5.41) is 12.8. The summed E-state index contributed by atoms with van der Waals surface area (Å²) in [6.45, 7) is 0. The zero-order valence-corrected chi connectivity index (χ0v) is 15.8. The zero-order chi connectivity index (χ0) is 18.7. The first kappa shape index (κ1) is 19.4. The van der Waals surface area contributed by atoms with Crippen LogP contribution in [0, 0.1) is 11.6 Å². The Hall–Kier alpha value is -1.38. The van der Waals surface area contributed by atoms with Crippen LogP contribution in [-0.2, 0) is 15.6 Å². The van der Waals surface area contributed by atoms with Crippen LogP contribution in [0.3, 0.4) is 0 Å². The minimum absolute atomic E-state index is 0.0358. The SMILES string of the molecule is O=S(=O)(Cc1csc(C2CCCCC2)n1)C[C@H](O)c1ccc(F)c(F)c1. The Morgan fingerprint density at radius 1 is 1.19 bits per heavy atom. The van der Waals surface area contributed by atoms with Gasteiger partial charge in [-0.1, -0.05) is 25.3 Å². The number of hydrogen-bond donors (Lipinski definition) is 1. The molecule has 1 N–H and O–H groups in total. The monoisotopic (exact) mass is 401 g/mol. The van der Waals surface area contributed by atoms with Crippen LogP contribution >= 0.6 is 11.3 Å². The van der Waals surface area contributed by atoms with E-state index in [0.717, 1.165) is 30.0 Å². The van der Waals surface area contributed by atoms with Crippen LogP contribution in [0.1, 0.15) is 60.4 Å². The van der Waals surface area contributed by atoms with Gasteiger partial charge in [0, 0.05) is 11.3 Å². The summed E-state index contributed by atoms with van der Waals surface area (Å²) >= 11 is 1.49. The van der Waals surface area contributed by atoms with Gasteiger partial charge in [0.25, 0.3) is 0 Å². The molecule has 1 aliphatic rings. The van der Waals surface area contributed by atoms with Crippen molar-refractivity contribution in [2.24, 2.45) is 0 Å². The Morgan fingerprint density at radius 3 is 2.62 bits per heavy atom. The molecular weight excluding hydrogens is 380 g/mol. The van der Waals surface area contributed by atoms with E-state index in [2.05, 4.69) is 4.98 Å². The molecule has 0 aliphatic heterocycles. The third-order valence-corrected chi connectivity index (χ3v) is 7.25. The molecule has 4 nitrogen and oxygen atoms in total. The van der Waals surface area contributed by atoms with Crippen molar-refractivity contribution in [3.63, 3.8) is 0 Å². The van der Waals surface area contributed by atoms with Gasteiger partial charge in [-0.2, -0.15) is 0 Å². The van der Waals surface area contributed by atoms with Crippen molar-refractivity contribution in [3.8, 4) is 0 Å². The lowest BCUT2D eigenvalue weighted by molar-refractivity contribution is 0.201. The van der Waals surface area contributed by atoms with Crippen LogP contribution in [0.2, 0.25) is 0 Å². The van der Waals surface area contributed by atoms with E-state index < -0.39 is 33.3 Å². The molecule has 1 fully saturated rings. The number of thiazole rings is 1. The minimum Gasteiger partial charge on any atom is -0.387 e. The van der Waals surface area contributed by atoms with Crippen LogP contribution in [0.5, 0.6) is 0 Å². The summed E-state index contributed by atoms with van der Waals surface area (Å²) in [5.41, 5.74) is 0.515. The smallest absolute Gasteiger partial charge is 0.159 e. The molecule has 2 aromatic rings. The molecule has 1 aromatic heterocycles. The third kappa shape index (κ3) is 4.86. The second kappa shape index (κ2) is 8.10. The van der Waals surface area contributed by atoms with E-state index in [1.165, 1.54) is 36.7 Å². The number of benzene rings is 1. The molecule has 0 amide bonds. The number of rotatable bonds is 6. The van der Waals surface area contributed by atoms with Gasteiger partial charge in [-0.3, -0.25) is 0 Å². The molecule has 1 atom stereocenters. The maximum absolute atomic E-state index is 13.3. The molecule has 1 aromatic carbocycles. The molecule has 0 radical (unpaired) electrons. The molecule has 0 unspecified atom stereocenters. The van der Waals surface area contributed by atoms with E-state index in [0.29, 0.717) is 11.6 Å². The van der Waals surface area contributed by atoms with Gasteiger partial charge in [-0.25, -0.2) is 22.2 Å². The molecule has 142 valence electrons. The van der Waals surface area contributed by atoms with Crippen molar-refractivity contribution in [3.05, 3.63) is 51.5 Å². The van der Waals surface area contributed by atoms with E-state index in [1.54, 1.807) is 5.38 Å². The molecule has 1 saturated carbocycles. The van der Waals surface area contributed by atoms with E-state index >= 15 is 0 Å². The highest BCUT2D eigenvalue weighted by molar-refractivity contribution is 7.90. The van der Waals surface area contributed by atoms with Crippen molar-refractivity contribution in [2.75, 3.05) is 5.75 Å². The van der Waals surface area contributed by atoms with Gasteiger partial charge in [0.15, 0.2) is 21.5 Å². The Balaban J connectivity index is 1.65. The molecule has 0 bridgehead atoms. The third-order valence-electron chi connectivity index (χ3n) is 4.63. The predicted molar refractivity (Wildman–Crippen MR) is 96.7 cm³/mol. The number of nitrogens with zero attached hydrogens (tertiary/aromatic N) is 1. The average molecular weight is 402 g/mol. The maximum Gasteiger partial charge on any atom is 0.159 e. The molecule has 1 heterocycles. The highest BCUT2D eigenvalue weighted by Gasteiger charge is 2.23. The predicted octanol–water partition coefficient (Wildman–Crippen LogP) is 4.12. The van der Waals surface area contributed by atoms with Crippen LogP contribution in [-0.4, -0.2) is 24.3 Å². The van der Waals surface area contributed by atoms with Gasteiger partial charge in [0.1, 0.15) is 0 Å². The van der Waals surface area contributed by atoms with E-state index in [9.17, 15) is 22.3 Å². The zero-order valence-electron chi connectivity index (χ0n) is 14.2. The first-order valence-corrected chi connectivity index (χ1v) is 11.3. The lowest BCUT2D eigenvalue weighted by Crippen LogP contribution is -2.17. The highest BCUT2D eigenvalue weighted by atomic mass is 32.2. The van der Waals surface area contributed by atoms with E-state index in [-0.39, 0.29) is 11.3 Å². The fourth-order valence-corrected chi connectivity index (χ4v) is 5.75. The van der Waals surface area contributed by atoms with Gasteiger partial charge >= 0.3 is 0 Å². The second-order valence-corrected chi connectivity index (χ2v) is 9.75. The van der Waals surface area contributed by atoms with Crippen LogP contribution in [0.15, 0.2) is 23.6 Å². The number of aliphatic hydroxyl groups is 1. The Labute approximate surface area is 155 Å². The van der Waals surface area contributed by atoms with Gasteiger partial charge in [-0.05, 0) is 30.5 Å². The maximum atomic E-state index is 13.3. The number of halogens is 2. The Bertz CT molecular complexity index is 861. The van der Waals surface area contributed by atoms with Crippen molar-refractivity contribution < 1.29 is 22.3 Å². The highest BCUT2D eigenvalue weighted by Crippen LogP contribution is 2.34. The Kier molecular flexibility index (Phi) is 6.04. The summed E-state index contributed by atoms with van der Waals surface area (Å²) in [6.07, 6.45) is 4.37. The number of sulfone groups is 1. The van der Waals surface area contributed by atoms with Crippen LogP contribution < -0.4 is 0 Å². The average Bonchev–Trinajstić information content (AvgIpc) is 3.05. The normalized spacial score (nSPS) is 17.3. The first-order valence-electron chi connectivity index (χ1n) is 8.62. The summed E-state index contributed by atoms with van der Waals surface area (Å²) < 4.78 is 50.9. The summed E-state index contributed by atoms with van der Waals surface area (Å²) in [7, 11) is -3.64. The fourth-order valence-electron chi connectivity index (χ4n) is 3.27. The number of aliphatic hydroxyl groups excluding tert-OH is 1. The van der Waals surface area contributed by atoms with Crippen molar-refractivity contribution in [2.45, 2.75) is 49.9 Å². The summed E-state index contributed by atoms with van der Waals surface area (Å²) in [6, 6.07) is 2.87. The lowest BCUT2D eigenvalue weighted by Gasteiger charge is -2.18. The van der Waals surface area contributed by atoms with Gasteiger partial charge in [-0.15, -0.1) is 11.3 Å². The Morgan fingerprint density at radius 2 is 1.92 bits per heavy atom. The largest absolute Gasteiger partial charge is 0.387 e. The van der Waals surface area contributed by atoms with Crippen LogP contribution in [0.25, 0.3) is 0 Å². The second-order valence-electron chi connectivity index (χ2n) is 6.76. The standard InChI is InChI=1S/C18H21F2NO3S2/c19-15-7-6-13(8-16(15)20)17(22)11-26(23,24)10-14-9-25-18(21-14)12-4-2-1-3-5-12/h6-9,12,17,22H,1-5,10-11H2/t17-/m0/s1. The molecule has 0 saturated heterocycles. The van der Waals surface area contributed by atoms with Crippen molar-refractivity contribution in [1.29, 1.82) is 0 Å².